The van der Waals surface area contributed by atoms with E-state index in [9.17, 15) is 9.59 Å². The maximum Gasteiger partial charge on any atom is 0.267 e. The van der Waals surface area contributed by atoms with Crippen LogP contribution in [0.3, 0.4) is 0 Å². The summed E-state index contributed by atoms with van der Waals surface area (Å²) in [5.41, 5.74) is 2.76. The Morgan fingerprint density at radius 1 is 1.11 bits per heavy atom. The Labute approximate surface area is 166 Å². The molecule has 0 saturated heterocycles. The van der Waals surface area contributed by atoms with Crippen molar-refractivity contribution in [2.75, 3.05) is 10.6 Å². The predicted molar refractivity (Wildman–Crippen MR) is 109 cm³/mol. The van der Waals surface area contributed by atoms with Crippen molar-refractivity contribution in [1.29, 1.82) is 0 Å². The number of hydrogen-bond donors (Lipinski definition) is 2. The molecule has 2 aromatic heterocycles. The fourth-order valence-corrected chi connectivity index (χ4v) is 3.35. The van der Waals surface area contributed by atoms with Gasteiger partial charge in [0, 0.05) is 24.0 Å². The summed E-state index contributed by atoms with van der Waals surface area (Å²) < 4.78 is 5.68. The number of thiazole rings is 1. The molecule has 0 aliphatic carbocycles. The number of rotatable bonds is 6. The SMILES string of the molecule is CC(=O)Nc1cccc(NC(=O)c2sc(COc3ccc(C)nc3)nc2C)c1. The average Bonchev–Trinajstić information content (AvgIpc) is 3.02. The van der Waals surface area contributed by atoms with Gasteiger partial charge in [-0.2, -0.15) is 0 Å². The third-order valence-electron chi connectivity index (χ3n) is 3.73. The number of hydrogen-bond acceptors (Lipinski definition) is 6. The van der Waals surface area contributed by atoms with E-state index in [1.54, 1.807) is 37.4 Å². The van der Waals surface area contributed by atoms with Gasteiger partial charge >= 0.3 is 0 Å². The van der Waals surface area contributed by atoms with E-state index in [1.807, 2.05) is 19.1 Å². The molecule has 0 unspecified atom stereocenters. The maximum absolute atomic E-state index is 12.6. The molecule has 0 aliphatic heterocycles. The molecule has 0 saturated carbocycles. The molecular weight excluding hydrogens is 376 g/mol. The van der Waals surface area contributed by atoms with E-state index in [0.717, 1.165) is 5.69 Å². The van der Waals surface area contributed by atoms with Crippen molar-refractivity contribution in [3.63, 3.8) is 0 Å². The minimum absolute atomic E-state index is 0.171. The molecule has 0 spiro atoms. The summed E-state index contributed by atoms with van der Waals surface area (Å²) >= 11 is 1.29. The normalized spacial score (nSPS) is 10.4. The van der Waals surface area contributed by atoms with Gasteiger partial charge in [0.15, 0.2) is 0 Å². The van der Waals surface area contributed by atoms with Crippen LogP contribution in [0.15, 0.2) is 42.6 Å². The highest BCUT2D eigenvalue weighted by Gasteiger charge is 2.16. The lowest BCUT2D eigenvalue weighted by molar-refractivity contribution is -0.114. The van der Waals surface area contributed by atoms with Gasteiger partial charge in [-0.25, -0.2) is 4.98 Å². The van der Waals surface area contributed by atoms with Gasteiger partial charge in [0.2, 0.25) is 5.91 Å². The second-order valence-electron chi connectivity index (χ2n) is 6.16. The number of nitrogens with one attached hydrogen (secondary N) is 2. The molecule has 0 fully saturated rings. The van der Waals surface area contributed by atoms with Crippen LogP contribution in [0, 0.1) is 13.8 Å². The number of pyridine rings is 1. The summed E-state index contributed by atoms with van der Waals surface area (Å²) in [7, 11) is 0. The standard InChI is InChI=1S/C20H20N4O3S/c1-12-7-8-17(10-21-12)27-11-18-22-13(2)19(28-18)20(26)24-16-6-4-5-15(9-16)23-14(3)25/h4-10H,11H2,1-3H3,(H,23,25)(H,24,26). The minimum Gasteiger partial charge on any atom is -0.485 e. The number of amides is 2. The fraction of sp³-hybridized carbons (Fsp3) is 0.200. The summed E-state index contributed by atoms with van der Waals surface area (Å²) in [6, 6.07) is 10.7. The highest BCUT2D eigenvalue weighted by molar-refractivity contribution is 7.13. The third-order valence-corrected chi connectivity index (χ3v) is 4.86. The van der Waals surface area contributed by atoms with E-state index < -0.39 is 0 Å². The van der Waals surface area contributed by atoms with Crippen molar-refractivity contribution < 1.29 is 14.3 Å². The van der Waals surface area contributed by atoms with Crippen LogP contribution in [-0.4, -0.2) is 21.8 Å². The molecule has 3 aromatic rings. The van der Waals surface area contributed by atoms with E-state index in [0.29, 0.717) is 32.7 Å². The molecule has 28 heavy (non-hydrogen) atoms. The number of carbonyl (C=O) groups excluding carboxylic acids is 2. The highest BCUT2D eigenvalue weighted by Crippen LogP contribution is 2.22. The van der Waals surface area contributed by atoms with Crippen LogP contribution in [0.4, 0.5) is 11.4 Å². The number of ether oxygens (including phenoxy) is 1. The molecule has 0 atom stereocenters. The molecule has 0 radical (unpaired) electrons. The Bertz CT molecular complexity index is 999. The highest BCUT2D eigenvalue weighted by atomic mass is 32.1. The lowest BCUT2D eigenvalue weighted by Gasteiger charge is -2.07. The van der Waals surface area contributed by atoms with Crippen molar-refractivity contribution in [2.24, 2.45) is 0 Å². The van der Waals surface area contributed by atoms with E-state index in [2.05, 4.69) is 20.6 Å². The lowest BCUT2D eigenvalue weighted by Crippen LogP contribution is -2.12. The second-order valence-corrected chi connectivity index (χ2v) is 7.25. The predicted octanol–water partition coefficient (Wildman–Crippen LogP) is 3.94. The maximum atomic E-state index is 12.6. The quantitative estimate of drug-likeness (QED) is 0.658. The smallest absolute Gasteiger partial charge is 0.267 e. The summed E-state index contributed by atoms with van der Waals surface area (Å²) in [5, 5.41) is 6.23. The second kappa shape index (κ2) is 8.62. The molecule has 2 amide bonds. The molecule has 8 heteroatoms. The van der Waals surface area contributed by atoms with Crippen LogP contribution < -0.4 is 15.4 Å². The average molecular weight is 396 g/mol. The van der Waals surface area contributed by atoms with Crippen LogP contribution in [-0.2, 0) is 11.4 Å². The first kappa shape index (κ1) is 19.5. The molecule has 0 bridgehead atoms. The number of anilines is 2. The number of carbonyl (C=O) groups is 2. The van der Waals surface area contributed by atoms with Gasteiger partial charge in [-0.15, -0.1) is 11.3 Å². The molecule has 2 heterocycles. The molecular formula is C20H20N4O3S. The summed E-state index contributed by atoms with van der Waals surface area (Å²) in [6.07, 6.45) is 1.66. The number of nitrogens with zero attached hydrogens (tertiary/aromatic N) is 2. The van der Waals surface area contributed by atoms with Gasteiger partial charge in [-0.05, 0) is 44.2 Å². The first-order chi connectivity index (χ1) is 13.4. The Balaban J connectivity index is 1.66. The number of aryl methyl sites for hydroxylation is 2. The number of benzene rings is 1. The first-order valence-corrected chi connectivity index (χ1v) is 9.43. The molecule has 7 nitrogen and oxygen atoms in total. The lowest BCUT2D eigenvalue weighted by atomic mass is 10.2. The van der Waals surface area contributed by atoms with E-state index in [4.69, 9.17) is 4.74 Å². The monoisotopic (exact) mass is 396 g/mol. The molecule has 3 rings (SSSR count). The van der Waals surface area contributed by atoms with E-state index >= 15 is 0 Å². The summed E-state index contributed by atoms with van der Waals surface area (Å²) in [4.78, 5) is 32.9. The van der Waals surface area contributed by atoms with Gasteiger partial charge in [0.05, 0.1) is 11.9 Å². The summed E-state index contributed by atoms with van der Waals surface area (Å²) in [5.74, 6) is 0.229. The first-order valence-electron chi connectivity index (χ1n) is 8.61. The zero-order valence-electron chi connectivity index (χ0n) is 15.8. The molecule has 1 aromatic carbocycles. The van der Waals surface area contributed by atoms with E-state index in [1.165, 1.54) is 18.3 Å². The van der Waals surface area contributed by atoms with Crippen LogP contribution in [0.2, 0.25) is 0 Å². The van der Waals surface area contributed by atoms with Gasteiger partial charge < -0.3 is 15.4 Å². The van der Waals surface area contributed by atoms with Crippen molar-refractivity contribution in [2.45, 2.75) is 27.4 Å². The molecule has 0 aliphatic rings. The molecule has 144 valence electrons. The molecule has 2 N–H and O–H groups in total. The Morgan fingerprint density at radius 3 is 2.54 bits per heavy atom. The van der Waals surface area contributed by atoms with Crippen molar-refractivity contribution in [3.8, 4) is 5.75 Å². The van der Waals surface area contributed by atoms with Gasteiger partial charge in [-0.1, -0.05) is 6.07 Å². The van der Waals surface area contributed by atoms with Crippen molar-refractivity contribution >= 4 is 34.5 Å². The fourth-order valence-electron chi connectivity index (χ4n) is 2.48. The van der Waals surface area contributed by atoms with Crippen LogP contribution in [0.1, 0.15) is 33.0 Å². The number of aromatic nitrogens is 2. The van der Waals surface area contributed by atoms with Crippen molar-refractivity contribution in [1.82, 2.24) is 9.97 Å². The van der Waals surface area contributed by atoms with Crippen LogP contribution >= 0.6 is 11.3 Å². The Morgan fingerprint density at radius 2 is 1.86 bits per heavy atom. The van der Waals surface area contributed by atoms with Crippen LogP contribution in [0.5, 0.6) is 5.75 Å². The zero-order chi connectivity index (χ0) is 20.1. The minimum atomic E-state index is -0.252. The van der Waals surface area contributed by atoms with Gasteiger partial charge in [0.25, 0.3) is 5.91 Å². The van der Waals surface area contributed by atoms with Gasteiger partial charge in [-0.3, -0.25) is 14.6 Å². The Hall–Kier alpha value is -3.26. The van der Waals surface area contributed by atoms with Gasteiger partial charge in [0.1, 0.15) is 22.2 Å². The largest absolute Gasteiger partial charge is 0.485 e. The van der Waals surface area contributed by atoms with E-state index in [-0.39, 0.29) is 18.4 Å². The Kier molecular flexibility index (Phi) is 6.00. The topological polar surface area (TPSA) is 93.2 Å². The zero-order valence-corrected chi connectivity index (χ0v) is 16.6. The van der Waals surface area contributed by atoms with Crippen molar-refractivity contribution in [3.05, 3.63) is 63.9 Å². The van der Waals surface area contributed by atoms with Crippen LogP contribution in [0.25, 0.3) is 0 Å². The third kappa shape index (κ3) is 5.14. The summed E-state index contributed by atoms with van der Waals surface area (Å²) in [6.45, 7) is 5.39.